The van der Waals surface area contributed by atoms with Crippen LogP contribution in [0.15, 0.2) is 18.2 Å². The van der Waals surface area contributed by atoms with Crippen LogP contribution < -0.4 is 14.8 Å². The molecule has 0 spiro atoms. The van der Waals surface area contributed by atoms with Crippen molar-refractivity contribution in [1.29, 1.82) is 0 Å². The fourth-order valence-electron chi connectivity index (χ4n) is 2.93. The molecule has 1 aromatic rings. The van der Waals surface area contributed by atoms with Crippen molar-refractivity contribution < 1.29 is 14.3 Å². The third kappa shape index (κ3) is 3.71. The molecule has 1 N–H and O–H groups in total. The fourth-order valence-corrected chi connectivity index (χ4v) is 2.93. The highest BCUT2D eigenvalue weighted by Gasteiger charge is 2.17. The number of ether oxygens (including phenoxy) is 2. The van der Waals surface area contributed by atoms with Crippen LogP contribution in [0, 0.1) is 5.92 Å². The lowest BCUT2D eigenvalue weighted by Crippen LogP contribution is -2.35. The topological polar surface area (TPSA) is 50.8 Å². The van der Waals surface area contributed by atoms with Gasteiger partial charge in [0.05, 0.1) is 0 Å². The van der Waals surface area contributed by atoms with Gasteiger partial charge < -0.3 is 19.7 Å². The predicted molar refractivity (Wildman–Crippen MR) is 84.4 cm³/mol. The molecule has 0 bridgehead atoms. The van der Waals surface area contributed by atoms with Crippen LogP contribution in [0.5, 0.6) is 11.5 Å². The third-order valence-electron chi connectivity index (χ3n) is 4.45. The minimum Gasteiger partial charge on any atom is -0.454 e. The zero-order valence-electron chi connectivity index (χ0n) is 13.1. The first-order valence-corrected chi connectivity index (χ1v) is 8.12. The number of nitrogens with one attached hydrogen (secondary N) is 1. The zero-order chi connectivity index (χ0) is 15.4. The molecule has 5 nitrogen and oxygen atoms in total. The summed E-state index contributed by atoms with van der Waals surface area (Å²) in [4.78, 5) is 14.6. The highest BCUT2D eigenvalue weighted by Crippen LogP contribution is 2.32. The van der Waals surface area contributed by atoms with Crippen molar-refractivity contribution in [2.24, 2.45) is 5.92 Å². The van der Waals surface area contributed by atoms with Crippen molar-refractivity contribution in [2.75, 3.05) is 33.0 Å². The van der Waals surface area contributed by atoms with Crippen LogP contribution in [0.2, 0.25) is 0 Å². The zero-order valence-corrected chi connectivity index (χ0v) is 13.1. The van der Waals surface area contributed by atoms with E-state index in [0.29, 0.717) is 23.6 Å². The Kier molecular flexibility index (Phi) is 4.83. The molecule has 0 atom stereocenters. The molecule has 0 unspecified atom stereocenters. The quantitative estimate of drug-likeness (QED) is 0.848. The summed E-state index contributed by atoms with van der Waals surface area (Å²) < 4.78 is 10.5. The van der Waals surface area contributed by atoms with Crippen molar-refractivity contribution >= 4 is 5.91 Å². The normalized spacial score (nSPS) is 18.4. The van der Waals surface area contributed by atoms with Crippen molar-refractivity contribution in [3.63, 3.8) is 0 Å². The van der Waals surface area contributed by atoms with Gasteiger partial charge in [-0.2, -0.15) is 0 Å². The average molecular weight is 304 g/mol. The lowest BCUT2D eigenvalue weighted by molar-refractivity contribution is 0.0950. The van der Waals surface area contributed by atoms with E-state index in [2.05, 4.69) is 17.1 Å². The first kappa shape index (κ1) is 15.2. The number of carbonyl (C=O) groups is 1. The molecule has 1 saturated heterocycles. The maximum absolute atomic E-state index is 12.1. The average Bonchev–Trinajstić information content (AvgIpc) is 3.00. The molecule has 1 amide bonds. The molecule has 2 aliphatic rings. The van der Waals surface area contributed by atoms with Gasteiger partial charge in [0.2, 0.25) is 6.79 Å². The van der Waals surface area contributed by atoms with Gasteiger partial charge in [0.15, 0.2) is 11.5 Å². The molecular weight excluding hydrogens is 280 g/mol. The Morgan fingerprint density at radius 2 is 2.05 bits per heavy atom. The predicted octanol–water partition coefficient (Wildman–Crippen LogP) is 2.27. The maximum Gasteiger partial charge on any atom is 0.251 e. The molecule has 2 heterocycles. The van der Waals surface area contributed by atoms with Gasteiger partial charge >= 0.3 is 0 Å². The Labute approximate surface area is 131 Å². The standard InChI is InChI=1S/C17H24N2O3/c1-13-5-9-19(10-6-13)8-2-7-18-17(20)14-3-4-15-16(11-14)22-12-21-15/h3-4,11,13H,2,5-10,12H2,1H3,(H,18,20). The van der Waals surface area contributed by atoms with Gasteiger partial charge in [-0.15, -0.1) is 0 Å². The Morgan fingerprint density at radius 1 is 1.27 bits per heavy atom. The van der Waals surface area contributed by atoms with Crippen molar-refractivity contribution in [2.45, 2.75) is 26.2 Å². The van der Waals surface area contributed by atoms with Gasteiger partial charge in [0.25, 0.3) is 5.91 Å². The van der Waals surface area contributed by atoms with Gasteiger partial charge in [-0.25, -0.2) is 0 Å². The summed E-state index contributed by atoms with van der Waals surface area (Å²) in [6.07, 6.45) is 3.58. The van der Waals surface area contributed by atoms with Crippen LogP contribution in [0.4, 0.5) is 0 Å². The fraction of sp³-hybridized carbons (Fsp3) is 0.588. The van der Waals surface area contributed by atoms with Gasteiger partial charge in [-0.3, -0.25) is 4.79 Å². The molecular formula is C17H24N2O3. The number of amides is 1. The Balaban J connectivity index is 1.39. The van der Waals surface area contributed by atoms with Crippen LogP contribution in [-0.2, 0) is 0 Å². The second-order valence-electron chi connectivity index (χ2n) is 6.20. The number of piperidine rings is 1. The highest BCUT2D eigenvalue weighted by molar-refractivity contribution is 5.94. The van der Waals surface area contributed by atoms with Gasteiger partial charge in [-0.1, -0.05) is 6.92 Å². The summed E-state index contributed by atoms with van der Waals surface area (Å²) in [6.45, 7) is 6.71. The summed E-state index contributed by atoms with van der Waals surface area (Å²) in [5.41, 5.74) is 0.621. The van der Waals surface area contributed by atoms with Crippen LogP contribution in [-0.4, -0.2) is 43.8 Å². The van der Waals surface area contributed by atoms with Crippen molar-refractivity contribution in [1.82, 2.24) is 10.2 Å². The van der Waals surface area contributed by atoms with E-state index < -0.39 is 0 Å². The SMILES string of the molecule is CC1CCN(CCCNC(=O)c2ccc3c(c2)OCO3)CC1. The number of carbonyl (C=O) groups excluding carboxylic acids is 1. The molecule has 120 valence electrons. The van der Waals surface area contributed by atoms with Crippen LogP contribution in [0.3, 0.4) is 0 Å². The van der Waals surface area contributed by atoms with Gasteiger partial charge in [0.1, 0.15) is 0 Å². The monoisotopic (exact) mass is 304 g/mol. The molecule has 0 saturated carbocycles. The van der Waals surface area contributed by atoms with E-state index in [1.54, 1.807) is 18.2 Å². The van der Waals surface area contributed by atoms with E-state index in [1.807, 2.05) is 0 Å². The number of hydrogen-bond donors (Lipinski definition) is 1. The molecule has 22 heavy (non-hydrogen) atoms. The van der Waals surface area contributed by atoms with Crippen molar-refractivity contribution in [3.05, 3.63) is 23.8 Å². The Bertz CT molecular complexity index is 525. The molecule has 1 fully saturated rings. The minimum absolute atomic E-state index is 0.0504. The summed E-state index contributed by atoms with van der Waals surface area (Å²) in [6, 6.07) is 5.30. The van der Waals surface area contributed by atoms with E-state index in [4.69, 9.17) is 9.47 Å². The molecule has 0 radical (unpaired) electrons. The highest BCUT2D eigenvalue weighted by atomic mass is 16.7. The van der Waals surface area contributed by atoms with Gasteiger partial charge in [-0.05, 0) is 63.0 Å². The molecule has 2 aliphatic heterocycles. The second-order valence-corrected chi connectivity index (χ2v) is 6.20. The summed E-state index contributed by atoms with van der Waals surface area (Å²) >= 11 is 0. The van der Waals surface area contributed by atoms with Crippen molar-refractivity contribution in [3.8, 4) is 11.5 Å². The number of nitrogens with zero attached hydrogens (tertiary/aromatic N) is 1. The van der Waals surface area contributed by atoms with E-state index in [9.17, 15) is 4.79 Å². The first-order chi connectivity index (χ1) is 10.7. The van der Waals surface area contributed by atoms with Crippen LogP contribution in [0.1, 0.15) is 36.5 Å². The third-order valence-corrected chi connectivity index (χ3v) is 4.45. The molecule has 0 aliphatic carbocycles. The van der Waals surface area contributed by atoms with Crippen LogP contribution in [0.25, 0.3) is 0 Å². The number of rotatable bonds is 5. The van der Waals surface area contributed by atoms with E-state index in [0.717, 1.165) is 18.9 Å². The summed E-state index contributed by atoms with van der Waals surface area (Å²) in [7, 11) is 0. The van der Waals surface area contributed by atoms with Gasteiger partial charge in [0, 0.05) is 12.1 Å². The Hall–Kier alpha value is -1.75. The minimum atomic E-state index is -0.0504. The number of likely N-dealkylation sites (tertiary alicyclic amines) is 1. The first-order valence-electron chi connectivity index (χ1n) is 8.12. The second kappa shape index (κ2) is 7.01. The maximum atomic E-state index is 12.1. The van der Waals surface area contributed by atoms with E-state index >= 15 is 0 Å². The molecule has 3 rings (SSSR count). The lowest BCUT2D eigenvalue weighted by Gasteiger charge is -2.30. The molecule has 1 aromatic carbocycles. The molecule has 0 aromatic heterocycles. The number of fused-ring (bicyclic) bond motifs is 1. The van der Waals surface area contributed by atoms with E-state index in [1.165, 1.54) is 25.9 Å². The largest absolute Gasteiger partial charge is 0.454 e. The smallest absolute Gasteiger partial charge is 0.251 e. The summed E-state index contributed by atoms with van der Waals surface area (Å²) in [5, 5.41) is 2.98. The number of benzene rings is 1. The number of hydrogen-bond acceptors (Lipinski definition) is 4. The van der Waals surface area contributed by atoms with E-state index in [-0.39, 0.29) is 12.7 Å². The Morgan fingerprint density at radius 3 is 2.86 bits per heavy atom. The van der Waals surface area contributed by atoms with Crippen LogP contribution >= 0.6 is 0 Å². The summed E-state index contributed by atoms with van der Waals surface area (Å²) in [5.74, 6) is 2.17. The molecule has 5 heteroatoms. The lowest BCUT2D eigenvalue weighted by atomic mass is 9.99.